The molecule has 34 heavy (non-hydrogen) atoms. The second kappa shape index (κ2) is 10.5. The minimum Gasteiger partial charge on any atom is -0.480 e. The van der Waals surface area contributed by atoms with Gasteiger partial charge in [0, 0.05) is 5.92 Å². The Bertz CT molecular complexity index is 1160. The van der Waals surface area contributed by atoms with Crippen molar-refractivity contribution in [2.75, 3.05) is 6.61 Å². The quantitative estimate of drug-likeness (QED) is 0.424. The van der Waals surface area contributed by atoms with E-state index in [0.717, 1.165) is 33.6 Å². The summed E-state index contributed by atoms with van der Waals surface area (Å²) in [6.07, 6.45) is 1.78. The number of amides is 2. The van der Waals surface area contributed by atoms with E-state index in [1.807, 2.05) is 31.2 Å². The number of alkyl carbamates (subject to hydrolysis) is 1. The number of fused-ring (bicyclic) bond motifs is 3. The van der Waals surface area contributed by atoms with Crippen LogP contribution in [0.1, 0.15) is 51.5 Å². The Kier molecular flexibility index (Phi) is 7.22. The lowest BCUT2D eigenvalue weighted by molar-refractivity contribution is -0.139. The molecule has 1 atom stereocenters. The summed E-state index contributed by atoms with van der Waals surface area (Å²) in [6, 6.07) is 15.3. The van der Waals surface area contributed by atoms with Gasteiger partial charge in [0.1, 0.15) is 22.5 Å². The molecule has 2 amide bonds. The van der Waals surface area contributed by atoms with Crippen molar-refractivity contribution in [2.45, 2.75) is 38.3 Å². The predicted octanol–water partition coefficient (Wildman–Crippen LogP) is 4.16. The molecule has 2 aromatic carbocycles. The molecule has 0 radical (unpaired) electrons. The number of carbonyl (C=O) groups excluding carboxylic acids is 2. The van der Waals surface area contributed by atoms with Crippen LogP contribution < -0.4 is 10.6 Å². The lowest BCUT2D eigenvalue weighted by atomic mass is 9.98. The van der Waals surface area contributed by atoms with E-state index in [1.54, 1.807) is 0 Å². The Labute approximate surface area is 201 Å². The first-order valence-corrected chi connectivity index (χ1v) is 11.9. The molecular formula is C25H25N3O5S. The molecule has 0 fully saturated rings. The molecule has 8 nitrogen and oxygen atoms in total. The van der Waals surface area contributed by atoms with Crippen LogP contribution in [0.15, 0.2) is 54.7 Å². The van der Waals surface area contributed by atoms with E-state index in [-0.39, 0.29) is 23.9 Å². The highest BCUT2D eigenvalue weighted by Crippen LogP contribution is 2.44. The summed E-state index contributed by atoms with van der Waals surface area (Å²) in [7, 11) is 0. The van der Waals surface area contributed by atoms with Crippen molar-refractivity contribution in [3.05, 3.63) is 75.7 Å². The molecule has 176 valence electrons. The lowest BCUT2D eigenvalue weighted by Crippen LogP contribution is -2.40. The van der Waals surface area contributed by atoms with Crippen LogP contribution in [0.4, 0.5) is 4.79 Å². The maximum Gasteiger partial charge on any atom is 0.407 e. The minimum atomic E-state index is -1.07. The Morgan fingerprint density at radius 2 is 1.74 bits per heavy atom. The van der Waals surface area contributed by atoms with Crippen molar-refractivity contribution in [1.82, 2.24) is 15.6 Å². The first-order chi connectivity index (χ1) is 16.5. The van der Waals surface area contributed by atoms with E-state index in [9.17, 15) is 19.5 Å². The number of ether oxygens (including phenoxy) is 1. The number of carbonyl (C=O) groups is 3. The summed E-state index contributed by atoms with van der Waals surface area (Å²) < 4.78 is 5.50. The first-order valence-electron chi connectivity index (χ1n) is 11.0. The number of nitrogens with one attached hydrogen (secondary N) is 2. The molecule has 1 heterocycles. The van der Waals surface area contributed by atoms with Crippen LogP contribution in [-0.4, -0.2) is 40.7 Å². The highest BCUT2D eigenvalue weighted by Gasteiger charge is 2.29. The van der Waals surface area contributed by atoms with Crippen LogP contribution in [0, 0.1) is 0 Å². The van der Waals surface area contributed by atoms with Gasteiger partial charge in [-0.05, 0) is 28.7 Å². The molecule has 0 spiro atoms. The SMILES string of the molecule is CCCC(NC(=O)c1cnc(CNC(=O)OCC2c3ccccc3-c3ccccc32)s1)C(=O)O. The van der Waals surface area contributed by atoms with Crippen molar-refractivity contribution in [2.24, 2.45) is 0 Å². The van der Waals surface area contributed by atoms with E-state index in [1.165, 1.54) is 6.20 Å². The maximum atomic E-state index is 12.3. The van der Waals surface area contributed by atoms with Gasteiger partial charge in [-0.25, -0.2) is 14.6 Å². The van der Waals surface area contributed by atoms with E-state index < -0.39 is 24.0 Å². The number of carboxylic acids is 1. The third-order valence-electron chi connectivity index (χ3n) is 5.69. The number of carboxylic acid groups (broad SMARTS) is 1. The zero-order valence-corrected chi connectivity index (χ0v) is 19.4. The van der Waals surface area contributed by atoms with Crippen LogP contribution in [0.5, 0.6) is 0 Å². The highest BCUT2D eigenvalue weighted by molar-refractivity contribution is 7.13. The number of thiazole rings is 1. The molecule has 3 aromatic rings. The molecule has 9 heteroatoms. The van der Waals surface area contributed by atoms with Gasteiger partial charge in [0.15, 0.2) is 0 Å². The number of aliphatic carboxylic acids is 1. The van der Waals surface area contributed by atoms with Gasteiger partial charge in [0.2, 0.25) is 0 Å². The normalized spacial score (nSPS) is 13.0. The second-order valence-corrected chi connectivity index (χ2v) is 9.07. The molecule has 0 saturated heterocycles. The number of rotatable bonds is 9. The summed E-state index contributed by atoms with van der Waals surface area (Å²) in [6.45, 7) is 2.16. The molecule has 4 rings (SSSR count). The van der Waals surface area contributed by atoms with E-state index in [2.05, 4.69) is 39.9 Å². The first kappa shape index (κ1) is 23.4. The summed E-state index contributed by atoms with van der Waals surface area (Å²) in [4.78, 5) is 40.3. The Morgan fingerprint density at radius 1 is 1.09 bits per heavy atom. The molecule has 0 bridgehead atoms. The van der Waals surface area contributed by atoms with Gasteiger partial charge < -0.3 is 20.5 Å². The maximum absolute atomic E-state index is 12.3. The van der Waals surface area contributed by atoms with Gasteiger partial charge >= 0.3 is 12.1 Å². The minimum absolute atomic E-state index is 0.0291. The zero-order chi connectivity index (χ0) is 24.1. The van der Waals surface area contributed by atoms with Crippen LogP contribution in [0.3, 0.4) is 0 Å². The molecule has 0 aliphatic heterocycles. The third kappa shape index (κ3) is 5.09. The average Bonchev–Trinajstić information content (AvgIpc) is 3.44. The predicted molar refractivity (Wildman–Crippen MR) is 128 cm³/mol. The molecule has 0 saturated carbocycles. The van der Waals surface area contributed by atoms with Crippen molar-refractivity contribution >= 4 is 29.3 Å². The molecule has 3 N–H and O–H groups in total. The summed E-state index contributed by atoms with van der Waals surface area (Å²) in [5, 5.41) is 14.9. The Balaban J connectivity index is 1.30. The average molecular weight is 480 g/mol. The van der Waals surface area contributed by atoms with Crippen LogP contribution in [0.25, 0.3) is 11.1 Å². The molecule has 1 unspecified atom stereocenters. The van der Waals surface area contributed by atoms with Gasteiger partial charge in [-0.15, -0.1) is 11.3 Å². The second-order valence-electron chi connectivity index (χ2n) is 7.95. The molecule has 1 aromatic heterocycles. The highest BCUT2D eigenvalue weighted by atomic mass is 32.1. The number of aromatic nitrogens is 1. The van der Waals surface area contributed by atoms with Gasteiger partial charge in [0.05, 0.1) is 12.7 Å². The van der Waals surface area contributed by atoms with E-state index in [4.69, 9.17) is 4.74 Å². The number of hydrogen-bond donors (Lipinski definition) is 3. The van der Waals surface area contributed by atoms with Gasteiger partial charge in [-0.1, -0.05) is 61.9 Å². The van der Waals surface area contributed by atoms with Crippen molar-refractivity contribution < 1.29 is 24.2 Å². The Morgan fingerprint density at radius 3 is 2.35 bits per heavy atom. The van der Waals surface area contributed by atoms with Crippen molar-refractivity contribution in [3.8, 4) is 11.1 Å². The van der Waals surface area contributed by atoms with Gasteiger partial charge in [-0.3, -0.25) is 4.79 Å². The van der Waals surface area contributed by atoms with Gasteiger partial charge in [0.25, 0.3) is 5.91 Å². The van der Waals surface area contributed by atoms with Crippen molar-refractivity contribution in [3.63, 3.8) is 0 Å². The fourth-order valence-corrected chi connectivity index (χ4v) is 4.83. The van der Waals surface area contributed by atoms with Gasteiger partial charge in [-0.2, -0.15) is 0 Å². The van der Waals surface area contributed by atoms with E-state index >= 15 is 0 Å². The molecule has 1 aliphatic carbocycles. The number of hydrogen-bond acceptors (Lipinski definition) is 6. The fourth-order valence-electron chi connectivity index (χ4n) is 4.07. The number of nitrogens with zero attached hydrogens (tertiary/aromatic N) is 1. The van der Waals surface area contributed by atoms with E-state index in [0.29, 0.717) is 17.8 Å². The third-order valence-corrected chi connectivity index (χ3v) is 6.68. The monoisotopic (exact) mass is 479 g/mol. The number of benzene rings is 2. The van der Waals surface area contributed by atoms with Crippen LogP contribution in [-0.2, 0) is 16.1 Å². The standard InChI is InChI=1S/C25H25N3O5S/c1-2-7-20(24(30)31)28-23(29)21-12-26-22(34-21)13-27-25(32)33-14-19-17-10-5-3-8-15(17)16-9-4-6-11-18(16)19/h3-6,8-12,19-20H,2,7,13-14H2,1H3,(H,27,32)(H,28,29)(H,30,31). The Hall–Kier alpha value is -3.72. The van der Waals surface area contributed by atoms with Crippen LogP contribution in [0.2, 0.25) is 0 Å². The molecule has 1 aliphatic rings. The summed E-state index contributed by atoms with van der Waals surface area (Å²) in [5.41, 5.74) is 4.58. The smallest absolute Gasteiger partial charge is 0.407 e. The summed E-state index contributed by atoms with van der Waals surface area (Å²) in [5.74, 6) is -1.60. The lowest BCUT2D eigenvalue weighted by Gasteiger charge is -2.14. The van der Waals surface area contributed by atoms with Crippen molar-refractivity contribution in [1.29, 1.82) is 0 Å². The largest absolute Gasteiger partial charge is 0.480 e. The molecular weight excluding hydrogens is 454 g/mol. The topological polar surface area (TPSA) is 118 Å². The van der Waals surface area contributed by atoms with Crippen LogP contribution >= 0.6 is 11.3 Å². The fraction of sp³-hybridized carbons (Fsp3) is 0.280. The summed E-state index contributed by atoms with van der Waals surface area (Å²) >= 11 is 1.09. The zero-order valence-electron chi connectivity index (χ0n) is 18.6.